The minimum absolute atomic E-state index is 0.124. The Bertz CT molecular complexity index is 408. The molecule has 0 spiro atoms. The standard InChI is InChI=1S/C8H8BrNO2S/c9-6-5-7-1-3-8(4-2-7)13(10,11)12/h1-6H,(H2,10,11,12)/b6-5+. The summed E-state index contributed by atoms with van der Waals surface area (Å²) in [6.07, 6.45) is 1.80. The number of benzene rings is 1. The molecule has 0 heterocycles. The maximum Gasteiger partial charge on any atom is 0.238 e. The van der Waals surface area contributed by atoms with E-state index in [1.165, 1.54) is 12.1 Å². The molecule has 0 amide bonds. The van der Waals surface area contributed by atoms with E-state index in [4.69, 9.17) is 5.14 Å². The van der Waals surface area contributed by atoms with E-state index in [0.29, 0.717) is 0 Å². The molecule has 0 bridgehead atoms. The lowest BCUT2D eigenvalue weighted by Crippen LogP contribution is -2.11. The monoisotopic (exact) mass is 261 g/mol. The summed E-state index contributed by atoms with van der Waals surface area (Å²) in [5.74, 6) is 0. The van der Waals surface area contributed by atoms with Crippen molar-refractivity contribution in [1.29, 1.82) is 0 Å². The van der Waals surface area contributed by atoms with Gasteiger partial charge in [0.05, 0.1) is 4.90 Å². The first-order valence-corrected chi connectivity index (χ1v) is 5.90. The number of nitrogens with two attached hydrogens (primary N) is 1. The minimum Gasteiger partial charge on any atom is -0.225 e. The molecule has 0 atom stereocenters. The molecular formula is C8H8BrNO2S. The van der Waals surface area contributed by atoms with Crippen LogP contribution in [-0.2, 0) is 10.0 Å². The summed E-state index contributed by atoms with van der Waals surface area (Å²) < 4.78 is 21.7. The van der Waals surface area contributed by atoms with Gasteiger partial charge in [0.25, 0.3) is 0 Å². The van der Waals surface area contributed by atoms with Crippen LogP contribution in [0.1, 0.15) is 5.56 Å². The number of hydrogen-bond donors (Lipinski definition) is 1. The van der Waals surface area contributed by atoms with E-state index in [1.807, 2.05) is 0 Å². The molecule has 0 aliphatic rings. The predicted molar refractivity (Wildman–Crippen MR) is 55.8 cm³/mol. The van der Waals surface area contributed by atoms with Crippen LogP contribution in [0.4, 0.5) is 0 Å². The number of primary sulfonamides is 1. The third kappa shape index (κ3) is 2.95. The molecule has 3 nitrogen and oxygen atoms in total. The number of rotatable bonds is 2. The van der Waals surface area contributed by atoms with Crippen LogP contribution in [0.5, 0.6) is 0 Å². The van der Waals surface area contributed by atoms with E-state index in [-0.39, 0.29) is 4.90 Å². The van der Waals surface area contributed by atoms with Gasteiger partial charge in [-0.25, -0.2) is 13.6 Å². The molecule has 0 aliphatic heterocycles. The molecule has 0 radical (unpaired) electrons. The van der Waals surface area contributed by atoms with Crippen LogP contribution >= 0.6 is 15.9 Å². The molecule has 2 N–H and O–H groups in total. The third-order valence-electron chi connectivity index (χ3n) is 1.46. The highest BCUT2D eigenvalue weighted by atomic mass is 79.9. The topological polar surface area (TPSA) is 60.2 Å². The second kappa shape index (κ2) is 4.04. The number of halogens is 1. The van der Waals surface area contributed by atoms with Crippen molar-refractivity contribution in [2.75, 3.05) is 0 Å². The molecule has 0 aromatic heterocycles. The first-order valence-electron chi connectivity index (χ1n) is 3.43. The van der Waals surface area contributed by atoms with Gasteiger partial charge in [-0.3, -0.25) is 0 Å². The molecule has 70 valence electrons. The normalized spacial score (nSPS) is 12.2. The van der Waals surface area contributed by atoms with E-state index in [9.17, 15) is 8.42 Å². The summed E-state index contributed by atoms with van der Waals surface area (Å²) in [4.78, 5) is 1.82. The van der Waals surface area contributed by atoms with E-state index < -0.39 is 10.0 Å². The van der Waals surface area contributed by atoms with Crippen molar-refractivity contribution in [3.8, 4) is 0 Å². The van der Waals surface area contributed by atoms with Crippen LogP contribution in [0.15, 0.2) is 34.1 Å². The van der Waals surface area contributed by atoms with Crippen molar-refractivity contribution in [3.05, 3.63) is 34.8 Å². The quantitative estimate of drug-likeness (QED) is 0.881. The van der Waals surface area contributed by atoms with Crippen molar-refractivity contribution >= 4 is 32.0 Å². The lowest BCUT2D eigenvalue weighted by atomic mass is 10.2. The molecule has 0 saturated heterocycles. The first-order chi connectivity index (χ1) is 6.04. The maximum absolute atomic E-state index is 10.9. The van der Waals surface area contributed by atoms with Gasteiger partial charge in [0.2, 0.25) is 10.0 Å². The molecule has 1 aromatic carbocycles. The lowest BCUT2D eigenvalue weighted by Gasteiger charge is -1.97. The summed E-state index contributed by atoms with van der Waals surface area (Å²) in [5.41, 5.74) is 0.907. The smallest absolute Gasteiger partial charge is 0.225 e. The summed E-state index contributed by atoms with van der Waals surface area (Å²) in [7, 11) is -3.57. The Morgan fingerprint density at radius 1 is 1.23 bits per heavy atom. The molecule has 1 aromatic rings. The predicted octanol–water partition coefficient (Wildman–Crippen LogP) is 1.70. The molecular weight excluding hydrogens is 254 g/mol. The maximum atomic E-state index is 10.9. The van der Waals surface area contributed by atoms with Gasteiger partial charge in [-0.05, 0) is 28.8 Å². The fourth-order valence-electron chi connectivity index (χ4n) is 0.841. The summed E-state index contributed by atoms with van der Waals surface area (Å²) >= 11 is 3.12. The van der Waals surface area contributed by atoms with Crippen LogP contribution in [-0.4, -0.2) is 8.42 Å². The highest BCUT2D eigenvalue weighted by Crippen LogP contribution is 2.10. The van der Waals surface area contributed by atoms with Crippen LogP contribution < -0.4 is 5.14 Å². The minimum atomic E-state index is -3.57. The Hall–Kier alpha value is -0.650. The van der Waals surface area contributed by atoms with E-state index in [0.717, 1.165) is 5.56 Å². The Morgan fingerprint density at radius 2 is 1.77 bits per heavy atom. The molecule has 1 rings (SSSR count). The van der Waals surface area contributed by atoms with Crippen molar-refractivity contribution < 1.29 is 8.42 Å². The van der Waals surface area contributed by atoms with E-state index in [2.05, 4.69) is 15.9 Å². The average Bonchev–Trinajstić information content (AvgIpc) is 2.04. The highest BCUT2D eigenvalue weighted by molar-refractivity contribution is 9.11. The second-order valence-electron chi connectivity index (χ2n) is 2.41. The first kappa shape index (κ1) is 10.4. The van der Waals surface area contributed by atoms with Crippen LogP contribution in [0.3, 0.4) is 0 Å². The van der Waals surface area contributed by atoms with E-state index in [1.54, 1.807) is 23.2 Å². The van der Waals surface area contributed by atoms with Crippen molar-refractivity contribution in [2.45, 2.75) is 4.90 Å². The van der Waals surface area contributed by atoms with Gasteiger partial charge in [-0.1, -0.05) is 28.1 Å². The Labute approximate surface area is 85.4 Å². The number of hydrogen-bond acceptors (Lipinski definition) is 2. The zero-order chi connectivity index (χ0) is 9.90. The molecule has 0 saturated carbocycles. The Morgan fingerprint density at radius 3 is 2.15 bits per heavy atom. The molecule has 0 unspecified atom stereocenters. The second-order valence-corrected chi connectivity index (χ2v) is 4.50. The summed E-state index contributed by atoms with van der Waals surface area (Å²) in [5, 5.41) is 4.93. The van der Waals surface area contributed by atoms with Crippen LogP contribution in [0.2, 0.25) is 0 Å². The van der Waals surface area contributed by atoms with E-state index >= 15 is 0 Å². The summed E-state index contributed by atoms with van der Waals surface area (Å²) in [6, 6.07) is 6.30. The largest absolute Gasteiger partial charge is 0.238 e. The van der Waals surface area contributed by atoms with Gasteiger partial charge < -0.3 is 0 Å². The average molecular weight is 262 g/mol. The van der Waals surface area contributed by atoms with Gasteiger partial charge >= 0.3 is 0 Å². The van der Waals surface area contributed by atoms with Crippen LogP contribution in [0.25, 0.3) is 6.08 Å². The third-order valence-corrected chi connectivity index (χ3v) is 2.66. The molecule has 5 heteroatoms. The van der Waals surface area contributed by atoms with Gasteiger partial charge in [0, 0.05) is 0 Å². The fraction of sp³-hybridized carbons (Fsp3) is 0. The molecule has 13 heavy (non-hydrogen) atoms. The molecule has 0 fully saturated rings. The van der Waals surface area contributed by atoms with Gasteiger partial charge in [0.15, 0.2) is 0 Å². The van der Waals surface area contributed by atoms with Crippen LogP contribution in [0, 0.1) is 0 Å². The zero-order valence-corrected chi connectivity index (χ0v) is 9.05. The van der Waals surface area contributed by atoms with Crippen molar-refractivity contribution in [1.82, 2.24) is 0 Å². The van der Waals surface area contributed by atoms with Gasteiger partial charge in [0.1, 0.15) is 0 Å². The lowest BCUT2D eigenvalue weighted by molar-refractivity contribution is 0.598. The zero-order valence-electron chi connectivity index (χ0n) is 6.64. The highest BCUT2D eigenvalue weighted by Gasteiger charge is 2.05. The SMILES string of the molecule is NS(=O)(=O)c1ccc(/C=C/Br)cc1. The fourth-order valence-corrected chi connectivity index (χ4v) is 1.66. The Kier molecular flexibility index (Phi) is 3.24. The van der Waals surface area contributed by atoms with Gasteiger partial charge in [-0.2, -0.15) is 0 Å². The molecule has 0 aliphatic carbocycles. The Balaban J connectivity index is 3.08. The summed E-state index contributed by atoms with van der Waals surface area (Å²) in [6.45, 7) is 0. The number of sulfonamides is 1. The van der Waals surface area contributed by atoms with Gasteiger partial charge in [-0.15, -0.1) is 0 Å². The van der Waals surface area contributed by atoms with Crippen molar-refractivity contribution in [3.63, 3.8) is 0 Å². The van der Waals surface area contributed by atoms with Crippen molar-refractivity contribution in [2.24, 2.45) is 5.14 Å².